The van der Waals surface area contributed by atoms with Crippen LogP contribution >= 0.6 is 24.8 Å². The molecule has 186 valence electrons. The third kappa shape index (κ3) is 6.56. The smallest absolute Gasteiger partial charge is 0.147 e. The third-order valence-electron chi connectivity index (χ3n) is 5.97. The molecular formula is C29H30Cl2N4O. The molecule has 1 aliphatic rings. The number of para-hydroxylation sites is 1. The predicted molar refractivity (Wildman–Crippen MR) is 153 cm³/mol. The van der Waals surface area contributed by atoms with E-state index in [1.165, 1.54) is 11.3 Å². The van der Waals surface area contributed by atoms with Crippen LogP contribution in [-0.2, 0) is 13.2 Å². The van der Waals surface area contributed by atoms with Crippen LogP contribution in [0.25, 0.3) is 6.08 Å². The summed E-state index contributed by atoms with van der Waals surface area (Å²) in [4.78, 5) is 11.6. The van der Waals surface area contributed by atoms with Crippen LogP contribution in [0.5, 0.6) is 5.75 Å². The molecule has 1 aromatic heterocycles. The van der Waals surface area contributed by atoms with Crippen LogP contribution in [-0.4, -0.2) is 35.4 Å². The highest BCUT2D eigenvalue weighted by atomic mass is 35.5. The number of aliphatic imine (C=N–C) groups is 1. The first-order valence-corrected chi connectivity index (χ1v) is 11.6. The van der Waals surface area contributed by atoms with Crippen molar-refractivity contribution in [1.29, 1.82) is 0 Å². The summed E-state index contributed by atoms with van der Waals surface area (Å²) in [6, 6.07) is 26.9. The van der Waals surface area contributed by atoms with E-state index in [1.54, 1.807) is 0 Å². The molecule has 36 heavy (non-hydrogen) atoms. The molecule has 0 radical (unpaired) electrons. The molecule has 7 heteroatoms. The minimum absolute atomic E-state index is 0. The molecule has 4 aromatic rings. The number of nitrogens with zero attached hydrogens (tertiary/aromatic N) is 4. The van der Waals surface area contributed by atoms with Crippen molar-refractivity contribution in [3.8, 4) is 5.75 Å². The summed E-state index contributed by atoms with van der Waals surface area (Å²) in [5.41, 5.74) is 5.70. The maximum absolute atomic E-state index is 6.10. The Morgan fingerprint density at radius 2 is 1.72 bits per heavy atom. The number of benzodiazepines with no additional fused rings is 1. The van der Waals surface area contributed by atoms with Gasteiger partial charge in [-0.2, -0.15) is 0 Å². The number of ether oxygens (including phenoxy) is 1. The Hall–Kier alpha value is -3.54. The second-order valence-corrected chi connectivity index (χ2v) is 8.36. The highest BCUT2D eigenvalue weighted by Crippen LogP contribution is 2.23. The number of aromatic nitrogens is 2. The van der Waals surface area contributed by atoms with Crippen LogP contribution in [0.15, 0.2) is 102 Å². The minimum Gasteiger partial charge on any atom is -0.486 e. The average Bonchev–Trinajstić information content (AvgIpc) is 3.25. The predicted octanol–water partition coefficient (Wildman–Crippen LogP) is 6.31. The van der Waals surface area contributed by atoms with Crippen molar-refractivity contribution in [2.24, 2.45) is 4.99 Å². The van der Waals surface area contributed by atoms with E-state index >= 15 is 0 Å². The van der Waals surface area contributed by atoms with Gasteiger partial charge in [-0.15, -0.1) is 24.8 Å². The van der Waals surface area contributed by atoms with Crippen molar-refractivity contribution in [2.45, 2.75) is 13.2 Å². The molecule has 5 rings (SSSR count). The zero-order valence-corrected chi connectivity index (χ0v) is 21.8. The monoisotopic (exact) mass is 520 g/mol. The van der Waals surface area contributed by atoms with Gasteiger partial charge < -0.3 is 14.2 Å². The van der Waals surface area contributed by atoms with Crippen molar-refractivity contribution < 1.29 is 4.74 Å². The lowest BCUT2D eigenvalue weighted by molar-refractivity contribution is 0.290. The highest BCUT2D eigenvalue weighted by Gasteiger charge is 2.13. The molecule has 0 amide bonds. The van der Waals surface area contributed by atoms with Gasteiger partial charge in [0.15, 0.2) is 0 Å². The summed E-state index contributed by atoms with van der Waals surface area (Å²) in [5, 5.41) is 0. The Kier molecular flexibility index (Phi) is 9.74. The van der Waals surface area contributed by atoms with E-state index in [1.807, 2.05) is 30.6 Å². The van der Waals surface area contributed by atoms with Crippen LogP contribution in [0.3, 0.4) is 0 Å². The van der Waals surface area contributed by atoms with Gasteiger partial charge in [0.05, 0.1) is 12.3 Å². The number of imidazole rings is 1. The first-order chi connectivity index (χ1) is 16.8. The van der Waals surface area contributed by atoms with Crippen LogP contribution in [0.1, 0.15) is 22.5 Å². The minimum atomic E-state index is 0. The standard InChI is InChI=1S/C29H28N4O.2ClH/c1-32-18-16-30-27(26-12-5-6-13-28(26)32)15-14-23-10-7-11-25(20-23)34-22-29-31-17-19-33(29)21-24-8-3-2-4-9-24;;/h2-15,17,19-20H,16,18,21-22H2,1H3;2*1H/b15-14+;;. The van der Waals surface area contributed by atoms with Crippen molar-refractivity contribution in [3.05, 3.63) is 120 Å². The van der Waals surface area contributed by atoms with Gasteiger partial charge in [-0.1, -0.05) is 66.7 Å². The largest absolute Gasteiger partial charge is 0.486 e. The topological polar surface area (TPSA) is 42.6 Å². The van der Waals surface area contributed by atoms with Gasteiger partial charge in [0.2, 0.25) is 0 Å². The Morgan fingerprint density at radius 3 is 2.58 bits per heavy atom. The van der Waals surface area contributed by atoms with Gasteiger partial charge in [-0.05, 0) is 35.4 Å². The van der Waals surface area contributed by atoms with E-state index in [9.17, 15) is 0 Å². The van der Waals surface area contributed by atoms with Gasteiger partial charge in [0.25, 0.3) is 0 Å². The van der Waals surface area contributed by atoms with Gasteiger partial charge >= 0.3 is 0 Å². The quantitative estimate of drug-likeness (QED) is 0.287. The average molecular weight is 521 g/mol. The normalized spacial score (nSPS) is 12.7. The lowest BCUT2D eigenvalue weighted by Gasteiger charge is -2.18. The second kappa shape index (κ2) is 13.0. The summed E-state index contributed by atoms with van der Waals surface area (Å²) in [5.74, 6) is 1.72. The van der Waals surface area contributed by atoms with E-state index in [2.05, 4.69) is 94.3 Å². The molecule has 3 aromatic carbocycles. The Labute approximate surface area is 225 Å². The first-order valence-electron chi connectivity index (χ1n) is 11.6. The Balaban J connectivity index is 0.00000180. The van der Waals surface area contributed by atoms with Gasteiger partial charge in [0, 0.05) is 43.8 Å². The molecule has 0 aliphatic carbocycles. The lowest BCUT2D eigenvalue weighted by atomic mass is 10.1. The fourth-order valence-corrected chi connectivity index (χ4v) is 4.13. The van der Waals surface area contributed by atoms with Crippen molar-refractivity contribution in [3.63, 3.8) is 0 Å². The van der Waals surface area contributed by atoms with Crippen molar-refractivity contribution in [1.82, 2.24) is 9.55 Å². The Bertz CT molecular complexity index is 1320. The molecular weight excluding hydrogens is 491 g/mol. The number of anilines is 1. The van der Waals surface area contributed by atoms with Gasteiger partial charge in [-0.25, -0.2) is 4.98 Å². The molecule has 0 N–H and O–H groups in total. The number of hydrogen-bond donors (Lipinski definition) is 0. The van der Waals surface area contributed by atoms with Crippen molar-refractivity contribution >= 4 is 42.3 Å². The van der Waals surface area contributed by atoms with Gasteiger partial charge in [-0.3, -0.25) is 4.99 Å². The summed E-state index contributed by atoms with van der Waals surface area (Å²) in [7, 11) is 2.12. The summed E-state index contributed by atoms with van der Waals surface area (Å²) >= 11 is 0. The highest BCUT2D eigenvalue weighted by molar-refractivity contribution is 6.14. The zero-order valence-electron chi connectivity index (χ0n) is 20.2. The fraction of sp³-hybridized carbons (Fsp3) is 0.172. The molecule has 5 nitrogen and oxygen atoms in total. The molecule has 1 aliphatic heterocycles. The van der Waals surface area contributed by atoms with Gasteiger partial charge in [0.1, 0.15) is 18.2 Å². The van der Waals surface area contributed by atoms with E-state index in [0.29, 0.717) is 6.61 Å². The molecule has 0 saturated heterocycles. The number of rotatable bonds is 7. The van der Waals surface area contributed by atoms with Crippen molar-refractivity contribution in [2.75, 3.05) is 25.0 Å². The SMILES string of the molecule is CN1CCN=C(/C=C/c2cccc(OCc3nccn3Cc3ccccc3)c2)c2ccccc21.Cl.Cl. The fourth-order valence-electron chi connectivity index (χ4n) is 4.13. The molecule has 0 fully saturated rings. The zero-order chi connectivity index (χ0) is 23.2. The maximum Gasteiger partial charge on any atom is 0.147 e. The molecule has 0 bridgehead atoms. The molecule has 0 spiro atoms. The van der Waals surface area contributed by atoms with Crippen LogP contribution in [0.4, 0.5) is 5.69 Å². The summed E-state index contributed by atoms with van der Waals surface area (Å²) in [6.45, 7) is 2.89. The number of benzene rings is 3. The molecule has 0 unspecified atom stereocenters. The van der Waals surface area contributed by atoms with E-state index in [-0.39, 0.29) is 24.8 Å². The van der Waals surface area contributed by atoms with Crippen LogP contribution in [0.2, 0.25) is 0 Å². The Morgan fingerprint density at radius 1 is 0.917 bits per heavy atom. The second-order valence-electron chi connectivity index (χ2n) is 8.36. The van der Waals surface area contributed by atoms with E-state index in [0.717, 1.165) is 48.0 Å². The number of likely N-dealkylation sites (N-methyl/N-ethyl adjacent to an activating group) is 1. The van der Waals surface area contributed by atoms with E-state index < -0.39 is 0 Å². The molecule has 0 atom stereocenters. The first kappa shape index (κ1) is 27.1. The lowest BCUT2D eigenvalue weighted by Crippen LogP contribution is -2.20. The van der Waals surface area contributed by atoms with Crippen LogP contribution < -0.4 is 9.64 Å². The number of halogens is 2. The summed E-state index contributed by atoms with van der Waals surface area (Å²) < 4.78 is 8.22. The maximum atomic E-state index is 6.10. The number of hydrogen-bond acceptors (Lipinski definition) is 4. The number of allylic oxidation sites excluding steroid dienone is 1. The molecule has 2 heterocycles. The third-order valence-corrected chi connectivity index (χ3v) is 5.97. The summed E-state index contributed by atoms with van der Waals surface area (Å²) in [6.07, 6.45) is 8.02. The van der Waals surface area contributed by atoms with E-state index in [4.69, 9.17) is 9.73 Å². The number of fused-ring (bicyclic) bond motifs is 1. The van der Waals surface area contributed by atoms with Crippen LogP contribution in [0, 0.1) is 0 Å². The molecule has 0 saturated carbocycles.